The minimum Gasteiger partial charge on any atom is -0.343 e. The number of non-ortho nitro benzene ring substituents is 1. The SMILES string of the molecule is O=C(CNC(=O)c1ccc([N+](=O)[O-])cc1)N/N=C/c1ccc(Cl)cc1Cl. The standard InChI is InChI=1S/C16H12Cl2N4O4/c17-12-4-1-11(14(18)7-12)8-20-21-15(23)9-19-16(24)10-2-5-13(6-3-10)22(25)26/h1-8H,9H2,(H,19,24)(H,21,23)/b20-8+. The average molecular weight is 395 g/mol. The molecule has 0 aliphatic carbocycles. The van der Waals surface area contributed by atoms with Crippen molar-refractivity contribution in [1.82, 2.24) is 10.7 Å². The van der Waals surface area contributed by atoms with Gasteiger partial charge in [0, 0.05) is 28.3 Å². The summed E-state index contributed by atoms with van der Waals surface area (Å²) >= 11 is 11.7. The maximum Gasteiger partial charge on any atom is 0.269 e. The highest BCUT2D eigenvalue weighted by atomic mass is 35.5. The number of amides is 2. The Hall–Kier alpha value is -2.97. The van der Waals surface area contributed by atoms with Crippen molar-refractivity contribution in [2.75, 3.05) is 6.54 Å². The Morgan fingerprint density at radius 3 is 2.46 bits per heavy atom. The molecule has 0 saturated carbocycles. The van der Waals surface area contributed by atoms with Crippen LogP contribution in [0.2, 0.25) is 10.0 Å². The van der Waals surface area contributed by atoms with E-state index in [1.807, 2.05) is 0 Å². The zero-order valence-electron chi connectivity index (χ0n) is 13.1. The Balaban J connectivity index is 1.83. The van der Waals surface area contributed by atoms with Gasteiger partial charge in [0.1, 0.15) is 0 Å². The molecule has 10 heteroatoms. The molecule has 0 aliphatic heterocycles. The van der Waals surface area contributed by atoms with Crippen LogP contribution in [0.15, 0.2) is 47.6 Å². The van der Waals surface area contributed by atoms with Crippen LogP contribution in [0.4, 0.5) is 5.69 Å². The molecule has 134 valence electrons. The number of nitrogens with one attached hydrogen (secondary N) is 2. The lowest BCUT2D eigenvalue weighted by atomic mass is 10.2. The molecule has 8 nitrogen and oxygen atoms in total. The predicted molar refractivity (Wildman–Crippen MR) is 97.6 cm³/mol. The average Bonchev–Trinajstić information content (AvgIpc) is 2.61. The third kappa shape index (κ3) is 5.54. The van der Waals surface area contributed by atoms with Crippen LogP contribution in [-0.2, 0) is 4.79 Å². The van der Waals surface area contributed by atoms with E-state index in [2.05, 4.69) is 15.8 Å². The van der Waals surface area contributed by atoms with Gasteiger partial charge in [-0.25, -0.2) is 5.43 Å². The number of carbonyl (C=O) groups excluding carboxylic acids is 2. The summed E-state index contributed by atoms with van der Waals surface area (Å²) in [6.07, 6.45) is 1.34. The first-order valence-electron chi connectivity index (χ1n) is 7.16. The summed E-state index contributed by atoms with van der Waals surface area (Å²) in [6.45, 7) is -0.318. The Bertz CT molecular complexity index is 869. The van der Waals surface area contributed by atoms with Crippen molar-refractivity contribution in [3.8, 4) is 0 Å². The molecule has 0 aliphatic rings. The van der Waals surface area contributed by atoms with Crippen molar-refractivity contribution >= 4 is 46.9 Å². The fourth-order valence-corrected chi connectivity index (χ4v) is 2.27. The molecule has 2 rings (SSSR count). The number of halogens is 2. The number of nitro groups is 1. The lowest BCUT2D eigenvalue weighted by Crippen LogP contribution is -2.34. The molecular formula is C16H12Cl2N4O4. The molecule has 2 amide bonds. The van der Waals surface area contributed by atoms with Gasteiger partial charge in [-0.05, 0) is 24.3 Å². The molecule has 0 atom stereocenters. The van der Waals surface area contributed by atoms with Gasteiger partial charge < -0.3 is 5.32 Å². The molecule has 0 unspecified atom stereocenters. The second-order valence-corrected chi connectivity index (χ2v) is 5.79. The van der Waals surface area contributed by atoms with Gasteiger partial charge in [0.15, 0.2) is 0 Å². The van der Waals surface area contributed by atoms with E-state index in [1.54, 1.807) is 12.1 Å². The molecule has 2 N–H and O–H groups in total. The summed E-state index contributed by atoms with van der Waals surface area (Å²) < 4.78 is 0. The molecule has 0 spiro atoms. The molecular weight excluding hydrogens is 383 g/mol. The van der Waals surface area contributed by atoms with E-state index < -0.39 is 16.7 Å². The van der Waals surface area contributed by atoms with Gasteiger partial charge in [-0.1, -0.05) is 29.3 Å². The van der Waals surface area contributed by atoms with E-state index in [0.29, 0.717) is 15.6 Å². The quantitative estimate of drug-likeness (QED) is 0.445. The van der Waals surface area contributed by atoms with Gasteiger partial charge in [-0.15, -0.1) is 0 Å². The number of nitrogens with zero attached hydrogens (tertiary/aromatic N) is 2. The van der Waals surface area contributed by atoms with E-state index in [1.165, 1.54) is 36.5 Å². The minimum absolute atomic E-state index is 0.130. The normalized spacial score (nSPS) is 10.5. The van der Waals surface area contributed by atoms with Crippen LogP contribution in [0.5, 0.6) is 0 Å². The summed E-state index contributed by atoms with van der Waals surface area (Å²) in [5.41, 5.74) is 2.86. The summed E-state index contributed by atoms with van der Waals surface area (Å²) in [5, 5.41) is 17.5. The van der Waals surface area contributed by atoms with E-state index in [-0.39, 0.29) is 17.8 Å². The predicted octanol–water partition coefficient (Wildman–Crippen LogP) is 2.78. The highest BCUT2D eigenvalue weighted by Crippen LogP contribution is 2.19. The Morgan fingerprint density at radius 1 is 1.15 bits per heavy atom. The highest BCUT2D eigenvalue weighted by Gasteiger charge is 2.10. The summed E-state index contributed by atoms with van der Waals surface area (Å²) in [4.78, 5) is 33.5. The van der Waals surface area contributed by atoms with Crippen molar-refractivity contribution in [3.05, 3.63) is 73.8 Å². The van der Waals surface area contributed by atoms with Gasteiger partial charge in [0.25, 0.3) is 17.5 Å². The van der Waals surface area contributed by atoms with Gasteiger partial charge in [0.05, 0.1) is 22.7 Å². The monoisotopic (exact) mass is 394 g/mol. The number of hydrogen-bond acceptors (Lipinski definition) is 5. The zero-order valence-corrected chi connectivity index (χ0v) is 14.6. The topological polar surface area (TPSA) is 114 Å². The molecule has 0 heterocycles. The molecule has 0 bridgehead atoms. The number of nitro benzene ring substituents is 1. The van der Waals surface area contributed by atoms with Crippen molar-refractivity contribution in [2.45, 2.75) is 0 Å². The molecule has 2 aromatic carbocycles. The van der Waals surface area contributed by atoms with E-state index in [9.17, 15) is 19.7 Å². The third-order valence-corrected chi connectivity index (χ3v) is 3.67. The largest absolute Gasteiger partial charge is 0.343 e. The minimum atomic E-state index is -0.569. The van der Waals surface area contributed by atoms with Crippen LogP contribution in [-0.4, -0.2) is 29.5 Å². The van der Waals surface area contributed by atoms with E-state index >= 15 is 0 Å². The maximum absolute atomic E-state index is 11.9. The Kier molecular flexibility index (Phi) is 6.65. The molecule has 0 radical (unpaired) electrons. The molecule has 2 aromatic rings. The molecule has 26 heavy (non-hydrogen) atoms. The van der Waals surface area contributed by atoms with Crippen LogP contribution < -0.4 is 10.7 Å². The number of rotatable bonds is 6. The summed E-state index contributed by atoms with van der Waals surface area (Å²) in [6, 6.07) is 9.80. The van der Waals surface area contributed by atoms with Crippen LogP contribution in [0.3, 0.4) is 0 Å². The fraction of sp³-hybridized carbons (Fsp3) is 0.0625. The van der Waals surface area contributed by atoms with Crippen LogP contribution in [0.1, 0.15) is 15.9 Å². The van der Waals surface area contributed by atoms with Crippen LogP contribution in [0, 0.1) is 10.1 Å². The lowest BCUT2D eigenvalue weighted by molar-refractivity contribution is -0.384. The summed E-state index contributed by atoms with van der Waals surface area (Å²) in [7, 11) is 0. The number of benzene rings is 2. The first kappa shape index (κ1) is 19.4. The van der Waals surface area contributed by atoms with Gasteiger partial charge in [0.2, 0.25) is 0 Å². The van der Waals surface area contributed by atoms with Gasteiger partial charge in [-0.2, -0.15) is 5.10 Å². The second-order valence-electron chi connectivity index (χ2n) is 4.95. The molecule has 0 fully saturated rings. The fourth-order valence-electron chi connectivity index (χ4n) is 1.82. The van der Waals surface area contributed by atoms with Crippen molar-refractivity contribution in [3.63, 3.8) is 0 Å². The first-order chi connectivity index (χ1) is 12.4. The van der Waals surface area contributed by atoms with Crippen molar-refractivity contribution < 1.29 is 14.5 Å². The third-order valence-electron chi connectivity index (χ3n) is 3.11. The van der Waals surface area contributed by atoms with Crippen LogP contribution >= 0.6 is 23.2 Å². The van der Waals surface area contributed by atoms with Gasteiger partial charge in [-0.3, -0.25) is 19.7 Å². The number of carbonyl (C=O) groups is 2. The molecule has 0 aromatic heterocycles. The Labute approximate surface area is 157 Å². The maximum atomic E-state index is 11.9. The van der Waals surface area contributed by atoms with Crippen LogP contribution in [0.25, 0.3) is 0 Å². The number of hydrogen-bond donors (Lipinski definition) is 2. The number of hydrazone groups is 1. The second kappa shape index (κ2) is 8.93. The summed E-state index contributed by atoms with van der Waals surface area (Å²) in [5.74, 6) is -1.10. The van der Waals surface area contributed by atoms with Crippen molar-refractivity contribution in [1.29, 1.82) is 0 Å². The highest BCUT2D eigenvalue weighted by molar-refractivity contribution is 6.36. The zero-order chi connectivity index (χ0) is 19.1. The van der Waals surface area contributed by atoms with E-state index in [4.69, 9.17) is 23.2 Å². The van der Waals surface area contributed by atoms with Gasteiger partial charge >= 0.3 is 0 Å². The lowest BCUT2D eigenvalue weighted by Gasteiger charge is -2.04. The molecule has 0 saturated heterocycles. The van der Waals surface area contributed by atoms with E-state index in [0.717, 1.165) is 0 Å². The smallest absolute Gasteiger partial charge is 0.269 e. The Morgan fingerprint density at radius 2 is 1.85 bits per heavy atom. The first-order valence-corrected chi connectivity index (χ1v) is 7.92. The van der Waals surface area contributed by atoms with Crippen molar-refractivity contribution in [2.24, 2.45) is 5.10 Å².